The molecule has 0 saturated heterocycles. The van der Waals surface area contributed by atoms with Crippen LogP contribution in [0.5, 0.6) is 0 Å². The van der Waals surface area contributed by atoms with Gasteiger partial charge in [-0.3, -0.25) is 4.98 Å². The average Bonchev–Trinajstić information content (AvgIpc) is 2.44. The first kappa shape index (κ1) is 15.7. The van der Waals surface area contributed by atoms with E-state index in [2.05, 4.69) is 74.4 Å². The van der Waals surface area contributed by atoms with Crippen molar-refractivity contribution in [2.75, 3.05) is 6.54 Å². The predicted molar refractivity (Wildman–Crippen MR) is 89.6 cm³/mol. The summed E-state index contributed by atoms with van der Waals surface area (Å²) in [6, 6.07) is 13.6. The Morgan fingerprint density at radius 1 is 1.00 bits per heavy atom. The maximum atomic E-state index is 4.49. The lowest BCUT2D eigenvalue weighted by Crippen LogP contribution is -2.24. The minimum absolute atomic E-state index is 0.355. The molecular formula is C19H26N2. The van der Waals surface area contributed by atoms with Crippen molar-refractivity contribution in [3.8, 4) is 0 Å². The lowest BCUT2D eigenvalue weighted by atomic mass is 9.97. The van der Waals surface area contributed by atoms with Crippen LogP contribution in [-0.2, 0) is 6.42 Å². The Kier molecular flexibility index (Phi) is 5.51. The summed E-state index contributed by atoms with van der Waals surface area (Å²) in [6.45, 7) is 9.51. The van der Waals surface area contributed by atoms with Gasteiger partial charge >= 0.3 is 0 Å². The van der Waals surface area contributed by atoms with Gasteiger partial charge in [0.05, 0.1) is 0 Å². The van der Waals surface area contributed by atoms with Crippen molar-refractivity contribution in [1.82, 2.24) is 10.3 Å². The minimum atomic E-state index is 0.355. The Hall–Kier alpha value is -1.67. The standard InChI is InChI=1S/C19H26N2/c1-5-10-20-19(13-17-8-6-14(2)7-9-17)18-11-15(3)21-16(4)12-18/h6-9,11-12,19-20H,5,10,13H2,1-4H3. The zero-order valence-corrected chi connectivity index (χ0v) is 13.6. The molecule has 0 aliphatic rings. The van der Waals surface area contributed by atoms with Gasteiger partial charge in [-0.05, 0) is 63.4 Å². The summed E-state index contributed by atoms with van der Waals surface area (Å²) in [5, 5.41) is 3.68. The van der Waals surface area contributed by atoms with E-state index in [-0.39, 0.29) is 0 Å². The van der Waals surface area contributed by atoms with Crippen LogP contribution in [0.1, 0.15) is 47.5 Å². The number of hydrogen-bond acceptors (Lipinski definition) is 2. The lowest BCUT2D eigenvalue weighted by Gasteiger charge is -2.20. The van der Waals surface area contributed by atoms with Gasteiger partial charge in [-0.15, -0.1) is 0 Å². The van der Waals surface area contributed by atoms with E-state index < -0.39 is 0 Å². The molecule has 1 aromatic heterocycles. The van der Waals surface area contributed by atoms with Crippen LogP contribution in [0, 0.1) is 20.8 Å². The number of nitrogens with one attached hydrogen (secondary N) is 1. The Balaban J connectivity index is 2.22. The van der Waals surface area contributed by atoms with Crippen molar-refractivity contribution >= 4 is 0 Å². The summed E-state index contributed by atoms with van der Waals surface area (Å²) in [6.07, 6.45) is 2.16. The zero-order valence-electron chi connectivity index (χ0n) is 13.6. The van der Waals surface area contributed by atoms with Gasteiger partial charge in [-0.1, -0.05) is 36.8 Å². The SMILES string of the molecule is CCCNC(Cc1ccc(C)cc1)c1cc(C)nc(C)c1. The predicted octanol–water partition coefficient (Wildman–Crippen LogP) is 4.29. The highest BCUT2D eigenvalue weighted by atomic mass is 14.9. The summed E-state index contributed by atoms with van der Waals surface area (Å²) >= 11 is 0. The number of rotatable bonds is 6. The van der Waals surface area contributed by atoms with Crippen molar-refractivity contribution in [3.63, 3.8) is 0 Å². The van der Waals surface area contributed by atoms with Crippen molar-refractivity contribution in [3.05, 3.63) is 64.5 Å². The first-order valence-electron chi connectivity index (χ1n) is 7.82. The molecule has 1 unspecified atom stereocenters. The van der Waals surface area contributed by atoms with E-state index in [1.54, 1.807) is 0 Å². The van der Waals surface area contributed by atoms with E-state index in [0.29, 0.717) is 6.04 Å². The Morgan fingerprint density at radius 2 is 1.62 bits per heavy atom. The molecule has 21 heavy (non-hydrogen) atoms. The van der Waals surface area contributed by atoms with Crippen LogP contribution >= 0.6 is 0 Å². The fourth-order valence-corrected chi connectivity index (χ4v) is 2.65. The van der Waals surface area contributed by atoms with E-state index in [9.17, 15) is 0 Å². The molecule has 112 valence electrons. The largest absolute Gasteiger partial charge is 0.310 e. The topological polar surface area (TPSA) is 24.9 Å². The van der Waals surface area contributed by atoms with Gasteiger partial charge in [0.2, 0.25) is 0 Å². The molecular weight excluding hydrogens is 256 g/mol. The molecule has 1 atom stereocenters. The maximum Gasteiger partial charge on any atom is 0.0379 e. The number of benzene rings is 1. The van der Waals surface area contributed by atoms with Crippen molar-refractivity contribution < 1.29 is 0 Å². The lowest BCUT2D eigenvalue weighted by molar-refractivity contribution is 0.528. The highest BCUT2D eigenvalue weighted by Crippen LogP contribution is 2.20. The van der Waals surface area contributed by atoms with Gasteiger partial charge in [0.15, 0.2) is 0 Å². The summed E-state index contributed by atoms with van der Waals surface area (Å²) in [4.78, 5) is 4.49. The van der Waals surface area contributed by atoms with Gasteiger partial charge in [-0.25, -0.2) is 0 Å². The van der Waals surface area contributed by atoms with Crippen molar-refractivity contribution in [1.29, 1.82) is 0 Å². The molecule has 0 bridgehead atoms. The third-order valence-electron chi connectivity index (χ3n) is 3.71. The van der Waals surface area contributed by atoms with E-state index in [4.69, 9.17) is 0 Å². The highest BCUT2D eigenvalue weighted by Gasteiger charge is 2.12. The third-order valence-corrected chi connectivity index (χ3v) is 3.71. The quantitative estimate of drug-likeness (QED) is 0.855. The first-order valence-corrected chi connectivity index (χ1v) is 7.82. The van der Waals surface area contributed by atoms with Crippen molar-refractivity contribution in [2.45, 2.75) is 46.6 Å². The van der Waals surface area contributed by atoms with Crippen LogP contribution < -0.4 is 5.32 Å². The molecule has 2 heteroatoms. The molecule has 0 radical (unpaired) electrons. The van der Waals surface area contributed by atoms with Gasteiger partial charge < -0.3 is 5.32 Å². The number of hydrogen-bond donors (Lipinski definition) is 1. The van der Waals surface area contributed by atoms with E-state index in [1.165, 1.54) is 16.7 Å². The fraction of sp³-hybridized carbons (Fsp3) is 0.421. The molecule has 0 fully saturated rings. The summed E-state index contributed by atoms with van der Waals surface area (Å²) in [7, 11) is 0. The molecule has 0 amide bonds. The van der Waals surface area contributed by atoms with E-state index >= 15 is 0 Å². The van der Waals surface area contributed by atoms with Gasteiger partial charge in [0.1, 0.15) is 0 Å². The average molecular weight is 282 g/mol. The summed E-state index contributed by atoms with van der Waals surface area (Å²) < 4.78 is 0. The van der Waals surface area contributed by atoms with Crippen LogP contribution in [0.2, 0.25) is 0 Å². The molecule has 2 aromatic rings. The second-order valence-electron chi connectivity index (χ2n) is 5.88. The molecule has 2 nitrogen and oxygen atoms in total. The zero-order chi connectivity index (χ0) is 15.2. The summed E-state index contributed by atoms with van der Waals surface area (Å²) in [5.41, 5.74) is 6.22. The van der Waals surface area contributed by atoms with E-state index in [0.717, 1.165) is 30.8 Å². The van der Waals surface area contributed by atoms with Gasteiger partial charge in [0.25, 0.3) is 0 Å². The Labute approximate surface area is 128 Å². The van der Waals surface area contributed by atoms with Crippen LogP contribution in [0.4, 0.5) is 0 Å². The molecule has 1 N–H and O–H groups in total. The Morgan fingerprint density at radius 3 is 2.19 bits per heavy atom. The second kappa shape index (κ2) is 7.37. The van der Waals surface area contributed by atoms with Crippen LogP contribution in [-0.4, -0.2) is 11.5 Å². The number of aryl methyl sites for hydroxylation is 3. The Bertz CT molecular complexity index is 552. The molecule has 0 aliphatic carbocycles. The van der Waals surface area contributed by atoms with E-state index in [1.807, 2.05) is 0 Å². The highest BCUT2D eigenvalue weighted by molar-refractivity contribution is 5.28. The number of aromatic nitrogens is 1. The van der Waals surface area contributed by atoms with Crippen molar-refractivity contribution in [2.24, 2.45) is 0 Å². The van der Waals surface area contributed by atoms with Crippen LogP contribution in [0.15, 0.2) is 36.4 Å². The molecule has 1 heterocycles. The molecule has 0 saturated carbocycles. The maximum absolute atomic E-state index is 4.49. The molecule has 1 aromatic carbocycles. The second-order valence-corrected chi connectivity index (χ2v) is 5.88. The third kappa shape index (κ3) is 4.68. The number of pyridine rings is 1. The molecule has 2 rings (SSSR count). The van der Waals surface area contributed by atoms with Gasteiger partial charge in [-0.2, -0.15) is 0 Å². The first-order chi connectivity index (χ1) is 10.1. The normalized spacial score (nSPS) is 12.4. The summed E-state index contributed by atoms with van der Waals surface area (Å²) in [5.74, 6) is 0. The van der Waals surface area contributed by atoms with Gasteiger partial charge in [0, 0.05) is 17.4 Å². The minimum Gasteiger partial charge on any atom is -0.310 e. The monoisotopic (exact) mass is 282 g/mol. The van der Waals surface area contributed by atoms with Crippen LogP contribution in [0.25, 0.3) is 0 Å². The fourth-order valence-electron chi connectivity index (χ4n) is 2.65. The molecule has 0 spiro atoms. The number of nitrogens with zero attached hydrogens (tertiary/aromatic N) is 1. The smallest absolute Gasteiger partial charge is 0.0379 e. The molecule has 0 aliphatic heterocycles. The van der Waals surface area contributed by atoms with Crippen LogP contribution in [0.3, 0.4) is 0 Å².